The lowest BCUT2D eigenvalue weighted by molar-refractivity contribution is 0.0928. The summed E-state index contributed by atoms with van der Waals surface area (Å²) in [5.41, 5.74) is 3.66. The molecular weight excluding hydrogens is 417 g/mol. The van der Waals surface area contributed by atoms with Gasteiger partial charge in [-0.2, -0.15) is 9.61 Å². The molecule has 0 atom stereocenters. The van der Waals surface area contributed by atoms with E-state index in [-0.39, 0.29) is 11.7 Å². The Kier molecular flexibility index (Phi) is 5.44. The van der Waals surface area contributed by atoms with Crippen LogP contribution in [0.3, 0.4) is 0 Å². The smallest absolute Gasteiger partial charge is 0.287 e. The van der Waals surface area contributed by atoms with Crippen LogP contribution in [0, 0.1) is 0 Å². The van der Waals surface area contributed by atoms with Gasteiger partial charge < -0.3 is 20.2 Å². The molecule has 3 N–H and O–H groups in total. The van der Waals surface area contributed by atoms with Gasteiger partial charge in [0.05, 0.1) is 5.69 Å². The number of carbonyl (C=O) groups is 1. The highest BCUT2D eigenvalue weighted by Crippen LogP contribution is 2.29. The summed E-state index contributed by atoms with van der Waals surface area (Å²) in [6, 6.07) is 18.3. The summed E-state index contributed by atoms with van der Waals surface area (Å²) >= 11 is 0. The monoisotopic (exact) mass is 439 g/mol. The third kappa shape index (κ3) is 4.12. The minimum atomic E-state index is -0.234. The predicted octanol–water partition coefficient (Wildman–Crippen LogP) is 2.34. The van der Waals surface area contributed by atoms with E-state index < -0.39 is 0 Å². The van der Waals surface area contributed by atoms with E-state index in [1.165, 1.54) is 0 Å². The number of para-hydroxylation sites is 2. The average molecular weight is 439 g/mol. The van der Waals surface area contributed by atoms with Crippen molar-refractivity contribution in [3.05, 3.63) is 72.6 Å². The molecule has 2 aromatic carbocycles. The first-order chi connectivity index (χ1) is 16.1. The number of furan rings is 1. The molecule has 3 aromatic heterocycles. The second-order valence-corrected chi connectivity index (χ2v) is 7.79. The first-order valence-electron chi connectivity index (χ1n) is 10.7. The Morgan fingerprint density at radius 2 is 1.91 bits per heavy atom. The van der Waals surface area contributed by atoms with Crippen molar-refractivity contribution in [2.45, 2.75) is 6.42 Å². The van der Waals surface area contributed by atoms with Gasteiger partial charge in [-0.1, -0.05) is 30.3 Å². The van der Waals surface area contributed by atoms with E-state index in [2.05, 4.69) is 20.7 Å². The summed E-state index contributed by atoms with van der Waals surface area (Å²) < 4.78 is 7.35. The SMILES string of the molecule is Bc1cnn2c(NCCCNC(=O)c3cc4ccccc4o3)cc(-c3ccccc3O)nc12. The summed E-state index contributed by atoms with van der Waals surface area (Å²) in [6.07, 6.45) is 2.46. The molecule has 0 bridgehead atoms. The van der Waals surface area contributed by atoms with Crippen LogP contribution < -0.4 is 16.1 Å². The molecule has 0 spiro atoms. The second kappa shape index (κ2) is 8.70. The number of aromatic nitrogens is 3. The molecule has 0 fully saturated rings. The number of phenolic OH excluding ortho intramolecular Hbond substituents is 1. The topological polar surface area (TPSA) is 105 Å². The minimum Gasteiger partial charge on any atom is -0.507 e. The van der Waals surface area contributed by atoms with E-state index in [0.717, 1.165) is 22.3 Å². The lowest BCUT2D eigenvalue weighted by Gasteiger charge is -2.12. The molecule has 8 nitrogen and oxygen atoms in total. The number of rotatable bonds is 7. The van der Waals surface area contributed by atoms with Gasteiger partial charge in [-0.3, -0.25) is 4.79 Å². The van der Waals surface area contributed by atoms with Gasteiger partial charge in [0.2, 0.25) is 0 Å². The van der Waals surface area contributed by atoms with Crippen LogP contribution in [0.15, 0.2) is 71.3 Å². The molecule has 5 rings (SSSR count). The van der Waals surface area contributed by atoms with Crippen molar-refractivity contribution >= 4 is 41.7 Å². The number of carbonyl (C=O) groups excluding carboxylic acids is 1. The number of amides is 1. The summed E-state index contributed by atoms with van der Waals surface area (Å²) in [6.45, 7) is 1.10. The second-order valence-electron chi connectivity index (χ2n) is 7.79. The zero-order chi connectivity index (χ0) is 22.8. The number of anilines is 1. The van der Waals surface area contributed by atoms with Gasteiger partial charge in [-0.15, -0.1) is 0 Å². The van der Waals surface area contributed by atoms with E-state index in [1.807, 2.05) is 50.3 Å². The Morgan fingerprint density at radius 1 is 1.09 bits per heavy atom. The van der Waals surface area contributed by atoms with Crippen molar-refractivity contribution in [2.75, 3.05) is 18.4 Å². The number of hydrogen-bond acceptors (Lipinski definition) is 6. The van der Waals surface area contributed by atoms with Crippen molar-refractivity contribution in [3.63, 3.8) is 0 Å². The zero-order valence-electron chi connectivity index (χ0n) is 18.1. The molecular formula is C24H22BN5O3. The fourth-order valence-electron chi connectivity index (χ4n) is 3.71. The number of hydrogen-bond donors (Lipinski definition) is 3. The largest absolute Gasteiger partial charge is 0.507 e. The molecule has 0 radical (unpaired) electrons. The minimum absolute atomic E-state index is 0.172. The molecule has 0 aliphatic carbocycles. The van der Waals surface area contributed by atoms with Crippen molar-refractivity contribution in [2.24, 2.45) is 0 Å². The van der Waals surface area contributed by atoms with Gasteiger partial charge in [-0.05, 0) is 36.1 Å². The highest BCUT2D eigenvalue weighted by atomic mass is 16.3. The lowest BCUT2D eigenvalue weighted by Crippen LogP contribution is -2.25. The highest BCUT2D eigenvalue weighted by molar-refractivity contribution is 6.36. The van der Waals surface area contributed by atoms with Gasteiger partial charge >= 0.3 is 0 Å². The Balaban J connectivity index is 1.25. The molecule has 164 valence electrons. The maximum atomic E-state index is 12.4. The van der Waals surface area contributed by atoms with E-state index in [0.29, 0.717) is 42.1 Å². The van der Waals surface area contributed by atoms with E-state index >= 15 is 0 Å². The van der Waals surface area contributed by atoms with Crippen LogP contribution >= 0.6 is 0 Å². The number of benzene rings is 2. The zero-order valence-corrected chi connectivity index (χ0v) is 18.1. The molecule has 3 heterocycles. The fraction of sp³-hybridized carbons (Fsp3) is 0.125. The Bertz CT molecular complexity index is 1430. The molecule has 1 amide bonds. The Labute approximate surface area is 190 Å². The van der Waals surface area contributed by atoms with Gasteiger partial charge in [0.15, 0.2) is 11.4 Å². The quantitative estimate of drug-likeness (QED) is 0.266. The predicted molar refractivity (Wildman–Crippen MR) is 130 cm³/mol. The maximum Gasteiger partial charge on any atom is 0.287 e. The number of nitrogens with one attached hydrogen (secondary N) is 2. The number of fused-ring (bicyclic) bond motifs is 2. The van der Waals surface area contributed by atoms with Crippen LogP contribution in [0.5, 0.6) is 5.75 Å². The van der Waals surface area contributed by atoms with E-state index in [4.69, 9.17) is 4.42 Å². The van der Waals surface area contributed by atoms with Crippen LogP contribution in [0.25, 0.3) is 27.9 Å². The Hall–Kier alpha value is -4.27. The molecule has 33 heavy (non-hydrogen) atoms. The third-order valence-electron chi connectivity index (χ3n) is 5.42. The van der Waals surface area contributed by atoms with Crippen molar-refractivity contribution in [1.29, 1.82) is 0 Å². The molecule has 9 heteroatoms. The van der Waals surface area contributed by atoms with Crippen LogP contribution in [0.4, 0.5) is 5.82 Å². The number of aromatic hydroxyl groups is 1. The first-order valence-corrected chi connectivity index (χ1v) is 10.7. The molecule has 0 aliphatic rings. The molecule has 5 aromatic rings. The van der Waals surface area contributed by atoms with Crippen LogP contribution in [-0.2, 0) is 0 Å². The van der Waals surface area contributed by atoms with E-state index in [9.17, 15) is 9.90 Å². The van der Waals surface area contributed by atoms with Crippen molar-refractivity contribution in [1.82, 2.24) is 19.9 Å². The van der Waals surface area contributed by atoms with E-state index in [1.54, 1.807) is 28.9 Å². The van der Waals surface area contributed by atoms with Gasteiger partial charge in [0.1, 0.15) is 25.0 Å². The normalized spacial score (nSPS) is 11.2. The number of phenols is 1. The van der Waals surface area contributed by atoms with Crippen LogP contribution in [0.2, 0.25) is 0 Å². The van der Waals surface area contributed by atoms with Crippen LogP contribution in [0.1, 0.15) is 17.0 Å². The van der Waals surface area contributed by atoms with Crippen molar-refractivity contribution in [3.8, 4) is 17.0 Å². The summed E-state index contributed by atoms with van der Waals surface area (Å²) in [7, 11) is 1.95. The lowest BCUT2D eigenvalue weighted by atomic mass is 10.0. The standard InChI is InChI=1S/C24H22BN5O3/c25-17-14-28-30-22(13-18(29-23(17)30)16-7-2-3-8-19(16)31)26-10-5-11-27-24(32)21-12-15-6-1-4-9-20(15)33-21/h1-4,6-9,12-14,26,31H,5,10-11,25H2,(H,27,32). The fourth-order valence-corrected chi connectivity index (χ4v) is 3.71. The summed E-state index contributed by atoms with van der Waals surface area (Å²) in [4.78, 5) is 17.1. The Morgan fingerprint density at radius 3 is 2.76 bits per heavy atom. The molecule has 0 unspecified atom stereocenters. The highest BCUT2D eigenvalue weighted by Gasteiger charge is 2.13. The van der Waals surface area contributed by atoms with Crippen LogP contribution in [-0.4, -0.2) is 46.5 Å². The average Bonchev–Trinajstić information content (AvgIpc) is 3.43. The molecule has 0 saturated carbocycles. The van der Waals surface area contributed by atoms with Gasteiger partial charge in [0, 0.05) is 36.3 Å². The number of nitrogens with zero attached hydrogens (tertiary/aromatic N) is 3. The van der Waals surface area contributed by atoms with Gasteiger partial charge in [0.25, 0.3) is 5.91 Å². The summed E-state index contributed by atoms with van der Waals surface area (Å²) in [5, 5.41) is 21.8. The molecule has 0 aliphatic heterocycles. The van der Waals surface area contributed by atoms with Gasteiger partial charge in [-0.25, -0.2) is 4.98 Å². The third-order valence-corrected chi connectivity index (χ3v) is 5.42. The first kappa shape index (κ1) is 20.6. The molecule has 0 saturated heterocycles. The maximum absolute atomic E-state index is 12.4. The summed E-state index contributed by atoms with van der Waals surface area (Å²) in [5.74, 6) is 1.00. The van der Waals surface area contributed by atoms with Crippen molar-refractivity contribution < 1.29 is 14.3 Å².